The lowest BCUT2D eigenvalue weighted by molar-refractivity contribution is 0.0902. The predicted octanol–water partition coefficient (Wildman–Crippen LogP) is 3.74. The van der Waals surface area contributed by atoms with E-state index in [0.29, 0.717) is 35.1 Å². The molecule has 0 unspecified atom stereocenters. The molecule has 0 radical (unpaired) electrons. The van der Waals surface area contributed by atoms with Crippen LogP contribution in [0, 0.1) is 0 Å². The van der Waals surface area contributed by atoms with Crippen LogP contribution in [-0.4, -0.2) is 53.3 Å². The van der Waals surface area contributed by atoms with Crippen molar-refractivity contribution in [2.24, 2.45) is 0 Å². The highest BCUT2D eigenvalue weighted by molar-refractivity contribution is 5.94. The van der Waals surface area contributed by atoms with Crippen LogP contribution in [0.25, 0.3) is 28.2 Å². The Kier molecular flexibility index (Phi) is 5.97. The zero-order valence-electron chi connectivity index (χ0n) is 20.2. The summed E-state index contributed by atoms with van der Waals surface area (Å²) >= 11 is 0. The van der Waals surface area contributed by atoms with Crippen LogP contribution in [0.1, 0.15) is 42.0 Å². The molecule has 0 atom stereocenters. The third kappa shape index (κ3) is 4.49. The molecule has 1 aliphatic carbocycles. The molecule has 1 amide bonds. The highest BCUT2D eigenvalue weighted by Crippen LogP contribution is 2.38. The molecular weight excluding hydrogens is 468 g/mol. The van der Waals surface area contributed by atoms with Crippen molar-refractivity contribution < 1.29 is 9.53 Å². The number of ether oxygens (including phenoxy) is 1. The van der Waals surface area contributed by atoms with E-state index in [4.69, 9.17) is 4.74 Å². The minimum Gasteiger partial charge on any atom is -0.492 e. The Hall–Kier alpha value is -4.73. The van der Waals surface area contributed by atoms with E-state index in [9.17, 15) is 4.79 Å². The van der Waals surface area contributed by atoms with E-state index in [-0.39, 0.29) is 17.9 Å². The van der Waals surface area contributed by atoms with E-state index in [1.54, 1.807) is 30.9 Å². The molecule has 10 nitrogen and oxygen atoms in total. The van der Waals surface area contributed by atoms with Gasteiger partial charge < -0.3 is 10.1 Å². The molecule has 0 spiro atoms. The van der Waals surface area contributed by atoms with E-state index in [0.717, 1.165) is 29.9 Å². The van der Waals surface area contributed by atoms with E-state index < -0.39 is 0 Å². The van der Waals surface area contributed by atoms with Crippen molar-refractivity contribution in [3.8, 4) is 23.0 Å². The summed E-state index contributed by atoms with van der Waals surface area (Å²) in [4.78, 5) is 30.4. The molecule has 10 heteroatoms. The van der Waals surface area contributed by atoms with Crippen molar-refractivity contribution in [3.05, 3.63) is 84.8 Å². The molecule has 0 aromatic carbocycles. The standard InChI is InChI=1S/C27H24N8O2/c1-2-37-20-7-8-23(30-16-20)26-34-33-25(35(26)19-5-3-11-28-15-19)17-13-18(14-17)31-27(36)24-10-9-21-22(32-24)6-4-12-29-21/h3-12,15-18H,2,13-14H2,1H3,(H,31,36). The van der Waals surface area contributed by atoms with Gasteiger partial charge in [0.25, 0.3) is 5.91 Å². The smallest absolute Gasteiger partial charge is 0.270 e. The van der Waals surface area contributed by atoms with Crippen LogP contribution in [0.15, 0.2) is 73.3 Å². The summed E-state index contributed by atoms with van der Waals surface area (Å²) in [5.74, 6) is 2.09. The highest BCUT2D eigenvalue weighted by Gasteiger charge is 2.36. The number of nitrogens with one attached hydrogen (secondary N) is 1. The van der Waals surface area contributed by atoms with Crippen LogP contribution in [0.5, 0.6) is 5.75 Å². The van der Waals surface area contributed by atoms with Gasteiger partial charge in [0.1, 0.15) is 23.0 Å². The van der Waals surface area contributed by atoms with Crippen molar-refractivity contribution in [2.45, 2.75) is 31.7 Å². The van der Waals surface area contributed by atoms with Crippen molar-refractivity contribution >= 4 is 16.9 Å². The van der Waals surface area contributed by atoms with Gasteiger partial charge in [0, 0.05) is 24.4 Å². The number of fused-ring (bicyclic) bond motifs is 1. The van der Waals surface area contributed by atoms with Crippen LogP contribution in [-0.2, 0) is 0 Å². The average molecular weight is 493 g/mol. The number of hydrogen-bond acceptors (Lipinski definition) is 8. The maximum Gasteiger partial charge on any atom is 0.270 e. The maximum atomic E-state index is 12.8. The Morgan fingerprint density at radius 3 is 2.68 bits per heavy atom. The van der Waals surface area contributed by atoms with Crippen molar-refractivity contribution in [2.75, 3.05) is 6.61 Å². The molecule has 184 valence electrons. The molecule has 5 aromatic heterocycles. The van der Waals surface area contributed by atoms with Gasteiger partial charge in [-0.05, 0) is 68.3 Å². The SMILES string of the molecule is CCOc1ccc(-c2nnc(C3CC(NC(=O)c4ccc5ncccc5n4)C3)n2-c2cccnc2)nc1. The number of rotatable bonds is 7. The van der Waals surface area contributed by atoms with Gasteiger partial charge >= 0.3 is 0 Å². The summed E-state index contributed by atoms with van der Waals surface area (Å²) in [5.41, 5.74) is 3.38. The molecular formula is C27H24N8O2. The summed E-state index contributed by atoms with van der Waals surface area (Å²) in [6, 6.07) is 14.8. The van der Waals surface area contributed by atoms with Crippen LogP contribution in [0.4, 0.5) is 0 Å². The van der Waals surface area contributed by atoms with E-state index >= 15 is 0 Å². The second-order valence-corrected chi connectivity index (χ2v) is 8.82. The third-order valence-electron chi connectivity index (χ3n) is 6.40. The highest BCUT2D eigenvalue weighted by atomic mass is 16.5. The minimum atomic E-state index is -0.192. The van der Waals surface area contributed by atoms with Crippen molar-refractivity contribution in [1.82, 2.24) is 40.0 Å². The Morgan fingerprint density at radius 2 is 1.89 bits per heavy atom. The first-order chi connectivity index (χ1) is 18.2. The summed E-state index contributed by atoms with van der Waals surface area (Å²) in [6.07, 6.45) is 8.40. The fraction of sp³-hybridized carbons (Fsp3) is 0.222. The van der Waals surface area contributed by atoms with E-state index in [1.807, 2.05) is 54.0 Å². The van der Waals surface area contributed by atoms with Crippen LogP contribution >= 0.6 is 0 Å². The van der Waals surface area contributed by atoms with E-state index in [2.05, 4.69) is 35.5 Å². The molecule has 37 heavy (non-hydrogen) atoms. The Labute approximate surface area is 212 Å². The quantitative estimate of drug-likeness (QED) is 0.365. The zero-order chi connectivity index (χ0) is 25.2. The molecule has 0 aliphatic heterocycles. The second kappa shape index (κ2) is 9.73. The van der Waals surface area contributed by atoms with Gasteiger partial charge in [-0.15, -0.1) is 10.2 Å². The summed E-state index contributed by atoms with van der Waals surface area (Å²) in [7, 11) is 0. The van der Waals surface area contributed by atoms with Crippen LogP contribution in [0.3, 0.4) is 0 Å². The summed E-state index contributed by atoms with van der Waals surface area (Å²) < 4.78 is 7.52. The molecule has 5 aromatic rings. The fourth-order valence-electron chi connectivity index (χ4n) is 4.52. The zero-order valence-corrected chi connectivity index (χ0v) is 20.2. The largest absolute Gasteiger partial charge is 0.492 e. The number of amides is 1. The third-order valence-corrected chi connectivity index (χ3v) is 6.40. The number of hydrogen-bond donors (Lipinski definition) is 1. The molecule has 6 rings (SSSR count). The Balaban J connectivity index is 1.21. The molecule has 1 saturated carbocycles. The first-order valence-corrected chi connectivity index (χ1v) is 12.2. The fourth-order valence-corrected chi connectivity index (χ4v) is 4.52. The maximum absolute atomic E-state index is 12.8. The number of carbonyl (C=O) groups is 1. The number of carbonyl (C=O) groups excluding carboxylic acids is 1. The van der Waals surface area contributed by atoms with Crippen LogP contribution in [0.2, 0.25) is 0 Å². The normalized spacial score (nSPS) is 16.8. The molecule has 0 bridgehead atoms. The van der Waals surface area contributed by atoms with Gasteiger partial charge in [-0.2, -0.15) is 0 Å². The first-order valence-electron chi connectivity index (χ1n) is 12.2. The summed E-state index contributed by atoms with van der Waals surface area (Å²) in [6.45, 7) is 2.51. The van der Waals surface area contributed by atoms with Gasteiger partial charge in [-0.1, -0.05) is 0 Å². The molecule has 1 fully saturated rings. The monoisotopic (exact) mass is 492 g/mol. The van der Waals surface area contributed by atoms with Gasteiger partial charge in [-0.3, -0.25) is 19.3 Å². The van der Waals surface area contributed by atoms with Crippen molar-refractivity contribution in [1.29, 1.82) is 0 Å². The number of nitrogens with zero attached hydrogens (tertiary/aromatic N) is 7. The molecule has 0 saturated heterocycles. The lowest BCUT2D eigenvalue weighted by atomic mass is 9.79. The van der Waals surface area contributed by atoms with Crippen LogP contribution < -0.4 is 10.1 Å². The lowest BCUT2D eigenvalue weighted by Crippen LogP contribution is -2.44. The second-order valence-electron chi connectivity index (χ2n) is 8.82. The predicted molar refractivity (Wildman–Crippen MR) is 136 cm³/mol. The minimum absolute atomic E-state index is 0.0231. The van der Waals surface area contributed by atoms with E-state index in [1.165, 1.54) is 0 Å². The Morgan fingerprint density at radius 1 is 1.00 bits per heavy atom. The average Bonchev–Trinajstić information content (AvgIpc) is 3.35. The number of pyridine rings is 4. The first kappa shape index (κ1) is 22.7. The van der Waals surface area contributed by atoms with Gasteiger partial charge in [0.2, 0.25) is 0 Å². The topological polar surface area (TPSA) is 121 Å². The Bertz CT molecular complexity index is 1550. The van der Waals surface area contributed by atoms with Gasteiger partial charge in [-0.25, -0.2) is 9.97 Å². The van der Waals surface area contributed by atoms with Gasteiger partial charge in [0.05, 0.1) is 35.7 Å². The van der Waals surface area contributed by atoms with Crippen molar-refractivity contribution in [3.63, 3.8) is 0 Å². The molecule has 1 aliphatic rings. The number of aromatic nitrogens is 7. The molecule has 1 N–H and O–H groups in total. The molecule has 5 heterocycles. The summed E-state index contributed by atoms with van der Waals surface area (Å²) in [5, 5.41) is 12.1. The van der Waals surface area contributed by atoms with Gasteiger partial charge in [0.15, 0.2) is 5.82 Å². The lowest BCUT2D eigenvalue weighted by Gasteiger charge is -2.35.